The van der Waals surface area contributed by atoms with Crippen LogP contribution in [0, 0.1) is 5.41 Å². The topological polar surface area (TPSA) is 129 Å². The molecule has 240 valence electrons. The monoisotopic (exact) mass is 645 g/mol. The van der Waals surface area contributed by atoms with Gasteiger partial charge in [-0.15, -0.1) is 0 Å². The summed E-state index contributed by atoms with van der Waals surface area (Å²) in [5.74, 6) is -1.01. The predicted molar refractivity (Wildman–Crippen MR) is 167 cm³/mol. The quantitative estimate of drug-likeness (QED) is 0.199. The molecule has 1 amide bonds. The Morgan fingerprint density at radius 1 is 1.11 bits per heavy atom. The Morgan fingerprint density at radius 3 is 2.56 bits per heavy atom. The largest absolute Gasteiger partial charge is 0.473 e. The number of pyridine rings is 1. The number of amidine groups is 1. The Morgan fingerprint density at radius 2 is 1.84 bits per heavy atom. The van der Waals surface area contributed by atoms with Crippen molar-refractivity contribution in [3.8, 4) is 5.88 Å². The van der Waals surface area contributed by atoms with Gasteiger partial charge in [-0.3, -0.25) is 10.2 Å². The van der Waals surface area contributed by atoms with E-state index in [1.807, 2.05) is 12.1 Å². The molecule has 10 nitrogen and oxygen atoms in total. The first kappa shape index (κ1) is 32.3. The lowest BCUT2D eigenvalue weighted by atomic mass is 10.1. The van der Waals surface area contributed by atoms with E-state index in [0.717, 1.165) is 56.8 Å². The maximum Gasteiger partial charge on any atom is 0.416 e. The molecule has 2 aromatic carbocycles. The number of amides is 1. The Hall–Kier alpha value is -4.07. The normalized spacial score (nSPS) is 16.3. The number of nitrogen functional groups attached to an aromatic ring is 1. The van der Waals surface area contributed by atoms with Crippen molar-refractivity contribution in [3.05, 3.63) is 75.9 Å². The van der Waals surface area contributed by atoms with Crippen LogP contribution in [0.4, 0.5) is 30.2 Å². The number of nitrogens with one attached hydrogen (secondary N) is 3. The summed E-state index contributed by atoms with van der Waals surface area (Å²) in [6, 6.07) is 11.7. The van der Waals surface area contributed by atoms with Crippen LogP contribution in [0.1, 0.15) is 40.0 Å². The Bertz CT molecular complexity index is 1540. The fraction of sp³-hybridized carbons (Fsp3) is 0.387. The van der Waals surface area contributed by atoms with Gasteiger partial charge in [0.05, 0.1) is 16.8 Å². The fourth-order valence-electron chi connectivity index (χ4n) is 5.26. The average Bonchev–Trinajstić information content (AvgIpc) is 3.01. The van der Waals surface area contributed by atoms with Gasteiger partial charge in [0.15, 0.2) is 5.84 Å². The molecule has 14 heteroatoms. The first-order valence-electron chi connectivity index (χ1n) is 14.5. The van der Waals surface area contributed by atoms with Gasteiger partial charge < -0.3 is 35.6 Å². The Balaban J connectivity index is 1.33. The molecular weight excluding hydrogens is 611 g/mol. The Labute approximate surface area is 264 Å². The predicted octanol–water partition coefficient (Wildman–Crippen LogP) is 5.01. The van der Waals surface area contributed by atoms with Crippen molar-refractivity contribution in [2.24, 2.45) is 0 Å². The lowest BCUT2D eigenvalue weighted by molar-refractivity contribution is -0.138. The summed E-state index contributed by atoms with van der Waals surface area (Å²) in [5.41, 5.74) is 6.98. The van der Waals surface area contributed by atoms with Crippen molar-refractivity contribution < 1.29 is 27.4 Å². The minimum absolute atomic E-state index is 0.0790. The number of aromatic nitrogens is 1. The number of benzene rings is 2. The van der Waals surface area contributed by atoms with E-state index in [9.17, 15) is 18.0 Å². The number of carbonyl (C=O) groups is 1. The van der Waals surface area contributed by atoms with Gasteiger partial charge in [-0.25, -0.2) is 4.98 Å². The summed E-state index contributed by atoms with van der Waals surface area (Å²) >= 11 is 5.92. The molecule has 0 spiro atoms. The summed E-state index contributed by atoms with van der Waals surface area (Å²) in [7, 11) is 2.09. The van der Waals surface area contributed by atoms with Gasteiger partial charge in [0.2, 0.25) is 5.88 Å². The van der Waals surface area contributed by atoms with Gasteiger partial charge in [0.1, 0.15) is 12.3 Å². The molecule has 0 radical (unpaired) electrons. The molecule has 2 saturated heterocycles. The first-order chi connectivity index (χ1) is 21.5. The van der Waals surface area contributed by atoms with E-state index in [-0.39, 0.29) is 39.7 Å². The standard InChI is InChI=1S/C31H35ClF3N7O3/c1-41-10-12-42(13-11-41)22-3-4-23(26(17-22)38-21-8-14-44-15-9-21)30(43)40-29(37)28-25(36)6-7-27(39-28)45-18-19-16-20(32)2-5-24(19)31(33,34)35/h2-7,16-17,21,38H,8-15,18,36H2,1H3,(H2,37,40,43). The number of halogens is 4. The molecular formula is C31H35ClF3N7O3. The summed E-state index contributed by atoms with van der Waals surface area (Å²) in [5, 5.41) is 14.8. The van der Waals surface area contributed by atoms with Crippen molar-refractivity contribution in [1.29, 1.82) is 5.41 Å². The number of hydrogen-bond acceptors (Lipinski definition) is 9. The number of piperazine rings is 1. The molecule has 5 N–H and O–H groups in total. The molecule has 3 heterocycles. The molecule has 2 aliphatic rings. The second-order valence-corrected chi connectivity index (χ2v) is 11.5. The Kier molecular flexibility index (Phi) is 10.0. The molecule has 2 aliphatic heterocycles. The molecule has 0 unspecified atom stereocenters. The third-order valence-electron chi connectivity index (χ3n) is 7.82. The highest BCUT2D eigenvalue weighted by Gasteiger charge is 2.33. The number of nitrogens with zero attached hydrogens (tertiary/aromatic N) is 3. The molecule has 3 aromatic rings. The molecule has 5 rings (SSSR count). The van der Waals surface area contributed by atoms with Crippen molar-refractivity contribution in [1.82, 2.24) is 15.2 Å². The van der Waals surface area contributed by atoms with Crippen molar-refractivity contribution in [2.75, 3.05) is 62.4 Å². The van der Waals surface area contributed by atoms with Gasteiger partial charge in [0.25, 0.3) is 5.91 Å². The summed E-state index contributed by atoms with van der Waals surface area (Å²) in [4.78, 5) is 22.3. The van der Waals surface area contributed by atoms with E-state index in [1.54, 1.807) is 6.07 Å². The van der Waals surface area contributed by atoms with Crippen LogP contribution in [0.25, 0.3) is 0 Å². The van der Waals surface area contributed by atoms with E-state index in [1.165, 1.54) is 18.2 Å². The third kappa shape index (κ3) is 8.16. The molecule has 0 aliphatic carbocycles. The van der Waals surface area contributed by atoms with Gasteiger partial charge in [-0.05, 0) is 62.4 Å². The molecule has 0 bridgehead atoms. The van der Waals surface area contributed by atoms with Gasteiger partial charge in [0, 0.05) is 73.5 Å². The van der Waals surface area contributed by atoms with Gasteiger partial charge >= 0.3 is 6.18 Å². The molecule has 0 saturated carbocycles. The van der Waals surface area contributed by atoms with E-state index < -0.39 is 24.3 Å². The highest BCUT2D eigenvalue weighted by atomic mass is 35.5. The summed E-state index contributed by atoms with van der Waals surface area (Å²) in [6.45, 7) is 4.36. The minimum Gasteiger partial charge on any atom is -0.473 e. The number of rotatable bonds is 8. The maximum absolute atomic E-state index is 13.5. The second-order valence-electron chi connectivity index (χ2n) is 11.1. The minimum atomic E-state index is -4.60. The van der Waals surface area contributed by atoms with Gasteiger partial charge in [-0.1, -0.05) is 11.6 Å². The van der Waals surface area contributed by atoms with Crippen LogP contribution in [0.5, 0.6) is 5.88 Å². The van der Waals surface area contributed by atoms with Crippen LogP contribution >= 0.6 is 11.6 Å². The zero-order valence-corrected chi connectivity index (χ0v) is 25.5. The van der Waals surface area contributed by atoms with Crippen molar-refractivity contribution in [3.63, 3.8) is 0 Å². The zero-order valence-electron chi connectivity index (χ0n) is 24.7. The second kappa shape index (κ2) is 13.9. The third-order valence-corrected chi connectivity index (χ3v) is 8.06. The molecule has 45 heavy (non-hydrogen) atoms. The highest BCUT2D eigenvalue weighted by Crippen LogP contribution is 2.34. The first-order valence-corrected chi connectivity index (χ1v) is 14.9. The number of likely N-dealkylation sites (N-methyl/N-ethyl adjacent to an activating group) is 1. The number of anilines is 3. The maximum atomic E-state index is 13.5. The van der Waals surface area contributed by atoms with Crippen molar-refractivity contribution in [2.45, 2.75) is 31.7 Å². The summed E-state index contributed by atoms with van der Waals surface area (Å²) < 4.78 is 51.4. The number of nitrogens with two attached hydrogens (primary N) is 1. The number of alkyl halides is 3. The number of carbonyl (C=O) groups excluding carboxylic acids is 1. The van der Waals surface area contributed by atoms with Crippen LogP contribution < -0.4 is 26.0 Å². The van der Waals surface area contributed by atoms with Gasteiger partial charge in [-0.2, -0.15) is 13.2 Å². The molecule has 1 aromatic heterocycles. The van der Waals surface area contributed by atoms with E-state index in [4.69, 9.17) is 32.2 Å². The van der Waals surface area contributed by atoms with Crippen LogP contribution in [0.15, 0.2) is 48.5 Å². The molecule has 2 fully saturated rings. The number of hydrogen-bond donors (Lipinski definition) is 4. The van der Waals surface area contributed by atoms with E-state index in [2.05, 4.69) is 32.5 Å². The lowest BCUT2D eigenvalue weighted by Gasteiger charge is -2.34. The van der Waals surface area contributed by atoms with Crippen LogP contribution in [-0.4, -0.2) is 74.1 Å². The van der Waals surface area contributed by atoms with E-state index in [0.29, 0.717) is 24.5 Å². The van der Waals surface area contributed by atoms with Crippen LogP contribution in [0.2, 0.25) is 5.02 Å². The van der Waals surface area contributed by atoms with Crippen LogP contribution in [-0.2, 0) is 17.5 Å². The lowest BCUT2D eigenvalue weighted by Crippen LogP contribution is -2.44. The average molecular weight is 646 g/mol. The SMILES string of the molecule is CN1CCN(c2ccc(C(=O)NC(=N)c3nc(OCc4cc(Cl)ccc4C(F)(F)F)ccc3N)c(NC3CCOCC3)c2)CC1. The number of ether oxygens (including phenoxy) is 2. The smallest absolute Gasteiger partial charge is 0.416 e. The summed E-state index contributed by atoms with van der Waals surface area (Å²) in [6.07, 6.45) is -3.01. The molecule has 0 atom stereocenters. The van der Waals surface area contributed by atoms with Crippen LogP contribution in [0.3, 0.4) is 0 Å². The fourth-order valence-corrected chi connectivity index (χ4v) is 5.45. The van der Waals surface area contributed by atoms with E-state index >= 15 is 0 Å². The van der Waals surface area contributed by atoms with Crippen molar-refractivity contribution >= 4 is 40.4 Å². The zero-order chi connectivity index (χ0) is 32.1. The highest BCUT2D eigenvalue weighted by molar-refractivity contribution is 6.30.